The fourth-order valence-corrected chi connectivity index (χ4v) is 4.83. The quantitative estimate of drug-likeness (QED) is 0.841. The minimum atomic E-state index is -3.55. The third-order valence-electron chi connectivity index (χ3n) is 3.40. The highest BCUT2D eigenvalue weighted by atomic mass is 35.5. The highest BCUT2D eigenvalue weighted by molar-refractivity contribution is 7.89. The Morgan fingerprint density at radius 3 is 2.50 bits per heavy atom. The van der Waals surface area contributed by atoms with E-state index in [9.17, 15) is 8.42 Å². The molecule has 2 rings (SSSR count). The average Bonchev–Trinajstić information content (AvgIpc) is 2.28. The Bertz CT molecular complexity index is 523. The van der Waals surface area contributed by atoms with Crippen molar-refractivity contribution in [2.75, 3.05) is 0 Å². The van der Waals surface area contributed by atoms with E-state index in [1.807, 2.05) is 13.8 Å². The van der Waals surface area contributed by atoms with Crippen molar-refractivity contribution >= 4 is 21.6 Å². The van der Waals surface area contributed by atoms with Crippen molar-refractivity contribution in [2.45, 2.75) is 50.1 Å². The minimum Gasteiger partial charge on any atom is -0.263 e. The number of nitrogens with zero attached hydrogens (tertiary/aromatic N) is 2. The molecule has 0 unspecified atom stereocenters. The molecule has 1 aromatic heterocycles. The highest BCUT2D eigenvalue weighted by Gasteiger charge is 2.36. The summed E-state index contributed by atoms with van der Waals surface area (Å²) in [5.74, 6) is 0. The van der Waals surface area contributed by atoms with Gasteiger partial charge in [0.25, 0.3) is 0 Å². The molecule has 1 saturated heterocycles. The van der Waals surface area contributed by atoms with Crippen LogP contribution in [-0.4, -0.2) is 29.8 Å². The van der Waals surface area contributed by atoms with Crippen molar-refractivity contribution < 1.29 is 8.42 Å². The van der Waals surface area contributed by atoms with E-state index in [0.717, 1.165) is 19.3 Å². The van der Waals surface area contributed by atoms with E-state index in [0.29, 0.717) is 0 Å². The normalized spacial score (nSPS) is 26.2. The first-order chi connectivity index (χ1) is 8.44. The van der Waals surface area contributed by atoms with E-state index in [1.165, 1.54) is 18.5 Å². The molecule has 1 aliphatic heterocycles. The predicted octanol–water partition coefficient (Wildman–Crippen LogP) is 2.69. The van der Waals surface area contributed by atoms with Crippen LogP contribution in [0.2, 0.25) is 5.02 Å². The van der Waals surface area contributed by atoms with Crippen molar-refractivity contribution in [2.24, 2.45) is 0 Å². The second-order valence-electron chi connectivity index (χ2n) is 4.77. The molecule has 0 radical (unpaired) electrons. The van der Waals surface area contributed by atoms with Gasteiger partial charge in [0.15, 0.2) is 0 Å². The van der Waals surface area contributed by atoms with Crippen LogP contribution in [0.25, 0.3) is 0 Å². The summed E-state index contributed by atoms with van der Waals surface area (Å²) in [6, 6.07) is 1.53. The summed E-state index contributed by atoms with van der Waals surface area (Å²) in [7, 11) is -3.55. The summed E-state index contributed by atoms with van der Waals surface area (Å²) in [6.45, 7) is 3.88. The average molecular weight is 289 g/mol. The molecule has 4 nitrogen and oxygen atoms in total. The summed E-state index contributed by atoms with van der Waals surface area (Å²) < 4.78 is 26.8. The van der Waals surface area contributed by atoms with E-state index >= 15 is 0 Å². The molecule has 0 aromatic carbocycles. The number of pyridine rings is 1. The molecule has 100 valence electrons. The first-order valence-electron chi connectivity index (χ1n) is 6.07. The van der Waals surface area contributed by atoms with Crippen molar-refractivity contribution in [3.63, 3.8) is 0 Å². The molecule has 0 aliphatic carbocycles. The molecule has 2 atom stereocenters. The fourth-order valence-electron chi connectivity index (χ4n) is 2.54. The Hall–Kier alpha value is -0.650. The molecular weight excluding hydrogens is 272 g/mol. The molecule has 0 amide bonds. The molecule has 0 bridgehead atoms. The fraction of sp³-hybridized carbons (Fsp3) is 0.583. The van der Waals surface area contributed by atoms with Crippen molar-refractivity contribution in [1.82, 2.24) is 9.29 Å². The molecule has 1 aliphatic rings. The van der Waals surface area contributed by atoms with Gasteiger partial charge < -0.3 is 0 Å². The van der Waals surface area contributed by atoms with Gasteiger partial charge in [0, 0.05) is 24.5 Å². The summed E-state index contributed by atoms with van der Waals surface area (Å²) in [5, 5.41) is 0.231. The summed E-state index contributed by atoms with van der Waals surface area (Å²) in [6.07, 6.45) is 5.66. The minimum absolute atomic E-state index is 0.00928. The lowest BCUT2D eigenvalue weighted by atomic mass is 10.0. The predicted molar refractivity (Wildman–Crippen MR) is 71.0 cm³/mol. The van der Waals surface area contributed by atoms with Crippen LogP contribution < -0.4 is 0 Å². The lowest BCUT2D eigenvalue weighted by molar-refractivity contribution is 0.204. The molecule has 0 spiro atoms. The molecular formula is C12H17ClN2O2S. The Labute approximate surface area is 113 Å². The lowest BCUT2D eigenvalue weighted by Gasteiger charge is -2.37. The smallest absolute Gasteiger partial charge is 0.246 e. The van der Waals surface area contributed by atoms with Gasteiger partial charge in [0.2, 0.25) is 10.0 Å². The number of sulfonamides is 1. The lowest BCUT2D eigenvalue weighted by Crippen LogP contribution is -2.47. The van der Waals surface area contributed by atoms with Crippen molar-refractivity contribution in [3.05, 3.63) is 23.5 Å². The Kier molecular flexibility index (Phi) is 3.94. The van der Waals surface area contributed by atoms with Crippen LogP contribution in [0.4, 0.5) is 0 Å². The number of hydrogen-bond acceptors (Lipinski definition) is 3. The maximum absolute atomic E-state index is 12.6. The van der Waals surface area contributed by atoms with Crippen LogP contribution in [0.1, 0.15) is 33.1 Å². The number of piperidine rings is 1. The second kappa shape index (κ2) is 5.15. The van der Waals surface area contributed by atoms with E-state index in [4.69, 9.17) is 11.6 Å². The molecule has 1 aromatic rings. The van der Waals surface area contributed by atoms with Crippen LogP contribution in [0.15, 0.2) is 23.4 Å². The van der Waals surface area contributed by atoms with Crippen LogP contribution in [0.5, 0.6) is 0 Å². The molecule has 1 fully saturated rings. The third kappa shape index (κ3) is 2.39. The van der Waals surface area contributed by atoms with Crippen molar-refractivity contribution in [1.29, 1.82) is 0 Å². The van der Waals surface area contributed by atoms with Gasteiger partial charge in [-0.15, -0.1) is 0 Å². The zero-order valence-electron chi connectivity index (χ0n) is 10.5. The van der Waals surface area contributed by atoms with Crippen LogP contribution in [-0.2, 0) is 10.0 Å². The monoisotopic (exact) mass is 288 g/mol. The van der Waals surface area contributed by atoms with Gasteiger partial charge in [0.05, 0.1) is 5.02 Å². The maximum Gasteiger partial charge on any atom is 0.246 e. The summed E-state index contributed by atoms with van der Waals surface area (Å²) in [4.78, 5) is 3.97. The number of rotatable bonds is 2. The Morgan fingerprint density at radius 2 is 1.94 bits per heavy atom. The van der Waals surface area contributed by atoms with Gasteiger partial charge >= 0.3 is 0 Å². The number of hydrogen-bond donors (Lipinski definition) is 0. The second-order valence-corrected chi connectivity index (χ2v) is 6.99. The van der Waals surface area contributed by atoms with Gasteiger partial charge in [-0.05, 0) is 32.8 Å². The first kappa shape index (κ1) is 13.8. The van der Waals surface area contributed by atoms with E-state index in [1.54, 1.807) is 4.31 Å². The Morgan fingerprint density at radius 1 is 1.33 bits per heavy atom. The molecule has 6 heteroatoms. The molecule has 2 heterocycles. The molecule has 0 saturated carbocycles. The topological polar surface area (TPSA) is 50.3 Å². The maximum atomic E-state index is 12.6. The van der Waals surface area contributed by atoms with E-state index in [2.05, 4.69) is 4.98 Å². The van der Waals surface area contributed by atoms with E-state index in [-0.39, 0.29) is 22.0 Å². The van der Waals surface area contributed by atoms with Gasteiger partial charge in [0.1, 0.15) is 4.90 Å². The Balaban J connectivity index is 2.45. The summed E-state index contributed by atoms with van der Waals surface area (Å²) >= 11 is 5.98. The van der Waals surface area contributed by atoms with Gasteiger partial charge in [-0.25, -0.2) is 8.42 Å². The number of halogens is 1. The van der Waals surface area contributed by atoms with Crippen LogP contribution in [0.3, 0.4) is 0 Å². The van der Waals surface area contributed by atoms with Gasteiger partial charge in [-0.1, -0.05) is 18.0 Å². The molecule has 0 N–H and O–H groups in total. The van der Waals surface area contributed by atoms with Gasteiger partial charge in [-0.3, -0.25) is 4.98 Å². The summed E-state index contributed by atoms with van der Waals surface area (Å²) in [5.41, 5.74) is 0. The van der Waals surface area contributed by atoms with Crippen LogP contribution in [0, 0.1) is 0 Å². The van der Waals surface area contributed by atoms with Crippen molar-refractivity contribution in [3.8, 4) is 0 Å². The largest absolute Gasteiger partial charge is 0.263 e. The van der Waals surface area contributed by atoms with Crippen LogP contribution >= 0.6 is 11.6 Å². The third-order valence-corrected chi connectivity index (χ3v) is 6.00. The first-order valence-corrected chi connectivity index (χ1v) is 7.89. The zero-order valence-corrected chi connectivity index (χ0v) is 12.1. The molecule has 18 heavy (non-hydrogen) atoms. The SMILES string of the molecule is C[C@@H]1CCC[C@H](C)N1S(=O)(=O)c1cnccc1Cl. The van der Waals surface area contributed by atoms with Gasteiger partial charge in [-0.2, -0.15) is 4.31 Å². The standard InChI is InChI=1S/C12H17ClN2O2S/c1-9-4-3-5-10(2)15(9)18(16,17)12-8-14-7-6-11(12)13/h6-10H,3-5H2,1-2H3/t9-,10+. The highest BCUT2D eigenvalue weighted by Crippen LogP contribution is 2.31. The van der Waals surface area contributed by atoms with E-state index < -0.39 is 10.0 Å². The number of aromatic nitrogens is 1. The zero-order chi connectivity index (χ0) is 13.3.